The van der Waals surface area contributed by atoms with E-state index in [2.05, 4.69) is 20.0 Å². The van der Waals surface area contributed by atoms with Crippen LogP contribution in [-0.4, -0.2) is 54.6 Å². The lowest BCUT2D eigenvalue weighted by atomic mass is 10.1. The first-order chi connectivity index (χ1) is 17.4. The highest BCUT2D eigenvalue weighted by molar-refractivity contribution is 6.08. The summed E-state index contributed by atoms with van der Waals surface area (Å²) in [6.07, 6.45) is 2.58. The lowest BCUT2D eigenvalue weighted by molar-refractivity contribution is 0.0936. The zero-order valence-electron chi connectivity index (χ0n) is 20.1. The van der Waals surface area contributed by atoms with E-state index < -0.39 is 11.9 Å². The van der Waals surface area contributed by atoms with Crippen LogP contribution in [0.3, 0.4) is 0 Å². The number of fused-ring (bicyclic) bond motifs is 1. The average molecular weight is 493 g/mol. The normalized spacial score (nSPS) is 10.8. The fourth-order valence-electron chi connectivity index (χ4n) is 3.73. The van der Waals surface area contributed by atoms with Gasteiger partial charge in [-0.1, -0.05) is 0 Å². The first-order valence-corrected chi connectivity index (χ1v) is 10.8. The van der Waals surface area contributed by atoms with E-state index in [1.807, 2.05) is 6.92 Å². The molecule has 0 aliphatic heterocycles. The summed E-state index contributed by atoms with van der Waals surface area (Å²) in [4.78, 5) is 35.1. The van der Waals surface area contributed by atoms with E-state index in [1.54, 1.807) is 41.4 Å². The van der Waals surface area contributed by atoms with Gasteiger partial charge in [0.05, 0.1) is 42.8 Å². The maximum Gasteiger partial charge on any atom is 0.412 e. The molecule has 0 saturated carbocycles. The predicted molar refractivity (Wildman–Crippen MR) is 131 cm³/mol. The van der Waals surface area contributed by atoms with Gasteiger partial charge in [0.1, 0.15) is 18.9 Å². The monoisotopic (exact) mass is 493 g/mol. The summed E-state index contributed by atoms with van der Waals surface area (Å²) in [6.45, 7) is 1.81. The molecular formula is C25H24FN5O5. The van der Waals surface area contributed by atoms with Crippen molar-refractivity contribution in [1.29, 1.82) is 0 Å². The van der Waals surface area contributed by atoms with E-state index in [1.165, 1.54) is 44.4 Å². The van der Waals surface area contributed by atoms with Gasteiger partial charge in [-0.2, -0.15) is 0 Å². The number of hydrogen-bond acceptors (Lipinski definition) is 7. The topological polar surface area (TPSA) is 108 Å². The Labute approximate surface area is 206 Å². The Morgan fingerprint density at radius 2 is 1.89 bits per heavy atom. The molecule has 11 heteroatoms. The van der Waals surface area contributed by atoms with Crippen molar-refractivity contribution in [3.05, 3.63) is 71.9 Å². The summed E-state index contributed by atoms with van der Waals surface area (Å²) in [5.74, 6) is -0.539. The predicted octanol–water partition coefficient (Wildman–Crippen LogP) is 4.31. The SMILES string of the molecule is COCN(C(=O)c1cc(C)c2ncn(-c3ccc(NC(=O)OC)nc3)c2c1)c1ccc(F)c(OC)c1. The Morgan fingerprint density at radius 3 is 2.56 bits per heavy atom. The number of carbonyl (C=O) groups excluding carboxylic acids is 2. The third-order valence-corrected chi connectivity index (χ3v) is 5.48. The molecular weight excluding hydrogens is 469 g/mol. The molecule has 2 heterocycles. The Kier molecular flexibility index (Phi) is 7.11. The molecule has 2 aromatic heterocycles. The minimum absolute atomic E-state index is 0.0174. The van der Waals surface area contributed by atoms with E-state index in [9.17, 15) is 14.0 Å². The van der Waals surface area contributed by atoms with Crippen LogP contribution in [0.25, 0.3) is 16.7 Å². The highest BCUT2D eigenvalue weighted by atomic mass is 19.1. The number of nitrogens with one attached hydrogen (secondary N) is 1. The minimum atomic E-state index is -0.624. The van der Waals surface area contributed by atoms with E-state index in [4.69, 9.17) is 9.47 Å². The van der Waals surface area contributed by atoms with Gasteiger partial charge in [-0.05, 0) is 48.9 Å². The minimum Gasteiger partial charge on any atom is -0.494 e. The highest BCUT2D eigenvalue weighted by Crippen LogP contribution is 2.28. The number of methoxy groups -OCH3 is 3. The molecule has 1 N–H and O–H groups in total. The molecule has 0 saturated heterocycles. The van der Waals surface area contributed by atoms with Crippen LogP contribution in [0.1, 0.15) is 15.9 Å². The second kappa shape index (κ2) is 10.4. The van der Waals surface area contributed by atoms with Crippen molar-refractivity contribution in [2.45, 2.75) is 6.92 Å². The van der Waals surface area contributed by atoms with Gasteiger partial charge in [0.15, 0.2) is 11.6 Å². The molecule has 0 radical (unpaired) electrons. The Morgan fingerprint density at radius 1 is 1.08 bits per heavy atom. The van der Waals surface area contributed by atoms with E-state index in [0.717, 1.165) is 5.56 Å². The first kappa shape index (κ1) is 24.6. The summed E-state index contributed by atoms with van der Waals surface area (Å²) in [7, 11) is 4.09. The van der Waals surface area contributed by atoms with Crippen molar-refractivity contribution >= 4 is 34.5 Å². The van der Waals surface area contributed by atoms with E-state index in [-0.39, 0.29) is 18.4 Å². The van der Waals surface area contributed by atoms with Crippen molar-refractivity contribution in [3.8, 4) is 11.4 Å². The fourth-order valence-corrected chi connectivity index (χ4v) is 3.73. The number of imidazole rings is 1. The molecule has 0 fully saturated rings. The van der Waals surface area contributed by atoms with Gasteiger partial charge in [-0.3, -0.25) is 19.6 Å². The third-order valence-electron chi connectivity index (χ3n) is 5.48. The number of ether oxygens (including phenoxy) is 3. The zero-order chi connectivity index (χ0) is 25.8. The van der Waals surface area contributed by atoms with Crippen LogP contribution in [0.2, 0.25) is 0 Å². The van der Waals surface area contributed by atoms with Gasteiger partial charge < -0.3 is 14.2 Å². The van der Waals surface area contributed by atoms with Crippen molar-refractivity contribution < 1.29 is 28.2 Å². The number of aryl methyl sites for hydroxylation is 1. The molecule has 4 aromatic rings. The average Bonchev–Trinajstić information content (AvgIpc) is 3.32. The maximum atomic E-state index is 13.9. The van der Waals surface area contributed by atoms with Crippen LogP contribution in [0.4, 0.5) is 20.7 Å². The molecule has 0 atom stereocenters. The molecule has 0 aliphatic rings. The second-order valence-electron chi connectivity index (χ2n) is 7.76. The number of pyridine rings is 1. The summed E-state index contributed by atoms with van der Waals surface area (Å²) in [5.41, 5.74) is 3.67. The van der Waals surface area contributed by atoms with E-state index in [0.29, 0.717) is 33.8 Å². The van der Waals surface area contributed by atoms with Gasteiger partial charge in [0.25, 0.3) is 5.91 Å². The molecule has 36 heavy (non-hydrogen) atoms. The van der Waals surface area contributed by atoms with Gasteiger partial charge in [-0.15, -0.1) is 0 Å². The van der Waals surface area contributed by atoms with Crippen LogP contribution in [0, 0.1) is 12.7 Å². The quantitative estimate of drug-likeness (QED) is 0.382. The number of benzene rings is 2. The lowest BCUT2D eigenvalue weighted by Crippen LogP contribution is -2.33. The Bertz CT molecular complexity index is 1420. The summed E-state index contributed by atoms with van der Waals surface area (Å²) < 4.78 is 30.6. The van der Waals surface area contributed by atoms with Crippen molar-refractivity contribution in [3.63, 3.8) is 0 Å². The van der Waals surface area contributed by atoms with E-state index >= 15 is 0 Å². The fraction of sp³-hybridized carbons (Fsp3) is 0.200. The zero-order valence-corrected chi connectivity index (χ0v) is 20.1. The number of aromatic nitrogens is 3. The van der Waals surface area contributed by atoms with Crippen molar-refractivity contribution in [2.24, 2.45) is 0 Å². The first-order valence-electron chi connectivity index (χ1n) is 10.8. The van der Waals surface area contributed by atoms with Crippen molar-refractivity contribution in [1.82, 2.24) is 14.5 Å². The highest BCUT2D eigenvalue weighted by Gasteiger charge is 2.21. The number of hydrogen-bond donors (Lipinski definition) is 1. The number of halogens is 1. The summed E-state index contributed by atoms with van der Waals surface area (Å²) in [6, 6.07) is 11.0. The molecule has 4 rings (SSSR count). The van der Waals surface area contributed by atoms with Gasteiger partial charge in [0, 0.05) is 18.7 Å². The Hall–Kier alpha value is -4.51. The molecule has 0 unspecified atom stereocenters. The smallest absolute Gasteiger partial charge is 0.412 e. The van der Waals surface area contributed by atoms with Crippen LogP contribution < -0.4 is 15.0 Å². The summed E-state index contributed by atoms with van der Waals surface area (Å²) >= 11 is 0. The van der Waals surface area contributed by atoms with Crippen LogP contribution in [0.5, 0.6) is 5.75 Å². The molecule has 2 amide bonds. The maximum absolute atomic E-state index is 13.9. The Balaban J connectivity index is 1.72. The van der Waals surface area contributed by atoms with Crippen molar-refractivity contribution in [2.75, 3.05) is 38.3 Å². The van der Waals surface area contributed by atoms with Crippen LogP contribution in [0.15, 0.2) is 55.0 Å². The molecule has 0 aliphatic carbocycles. The van der Waals surface area contributed by atoms with Gasteiger partial charge >= 0.3 is 6.09 Å². The number of carbonyl (C=O) groups is 2. The molecule has 0 spiro atoms. The molecule has 2 aromatic carbocycles. The second-order valence-corrected chi connectivity index (χ2v) is 7.76. The molecule has 10 nitrogen and oxygen atoms in total. The number of rotatable bonds is 7. The molecule has 186 valence electrons. The lowest BCUT2D eigenvalue weighted by Gasteiger charge is -2.23. The largest absolute Gasteiger partial charge is 0.494 e. The van der Waals surface area contributed by atoms with Gasteiger partial charge in [0.2, 0.25) is 0 Å². The number of nitrogens with zero attached hydrogens (tertiary/aromatic N) is 4. The molecule has 0 bridgehead atoms. The number of anilines is 2. The van der Waals surface area contributed by atoms with Crippen LogP contribution in [-0.2, 0) is 9.47 Å². The standard InChI is InChI=1S/C25H24FN5O5/c1-15-9-16(24(32)31(14-34-2)17-5-7-19(26)21(11-17)35-3)10-20-23(15)28-13-30(20)18-6-8-22(27-12-18)29-25(33)36-4/h5-13H,14H2,1-4H3,(H,27,29,33). The third kappa shape index (κ3) is 4.82. The summed E-state index contributed by atoms with van der Waals surface area (Å²) in [5, 5.41) is 2.49. The van der Waals surface area contributed by atoms with Crippen LogP contribution >= 0.6 is 0 Å². The number of amides is 2. The van der Waals surface area contributed by atoms with Gasteiger partial charge in [-0.25, -0.2) is 19.2 Å².